The summed E-state index contributed by atoms with van der Waals surface area (Å²) in [6.07, 6.45) is -4.72. The number of carbonyl (C=O) groups is 1. The van der Waals surface area contributed by atoms with Gasteiger partial charge in [-0.25, -0.2) is 8.78 Å². The second kappa shape index (κ2) is 7.24. The molecule has 2 N–H and O–H groups in total. The van der Waals surface area contributed by atoms with Crippen molar-refractivity contribution in [3.05, 3.63) is 46.7 Å². The second-order valence-corrected chi connectivity index (χ2v) is 7.63. The number of nitrogens with two attached hydrogens (primary N) is 1. The molecule has 0 spiro atoms. The quantitative estimate of drug-likeness (QED) is 0.752. The Morgan fingerprint density at radius 1 is 1.21 bits per heavy atom. The van der Waals surface area contributed by atoms with Gasteiger partial charge in [0.05, 0.1) is 19.2 Å². The van der Waals surface area contributed by atoms with E-state index in [1.54, 1.807) is 0 Å². The highest BCUT2D eigenvalue weighted by molar-refractivity contribution is 5.83. The Kier molecular flexibility index (Phi) is 5.02. The normalized spacial score (nSPS) is 27.6. The summed E-state index contributed by atoms with van der Waals surface area (Å²) in [4.78, 5) is 14.3. The van der Waals surface area contributed by atoms with Crippen LogP contribution in [0.5, 0.6) is 0 Å². The van der Waals surface area contributed by atoms with Crippen molar-refractivity contribution >= 4 is 5.91 Å². The minimum Gasteiger partial charge on any atom is -0.370 e. The molecule has 1 fully saturated rings. The van der Waals surface area contributed by atoms with E-state index in [0.717, 1.165) is 28.7 Å². The first-order valence-electron chi connectivity index (χ1n) is 9.31. The number of rotatable bonds is 2. The van der Waals surface area contributed by atoms with Crippen LogP contribution in [0.2, 0.25) is 0 Å². The number of amides is 1. The van der Waals surface area contributed by atoms with E-state index in [1.807, 2.05) is 4.90 Å². The minimum absolute atomic E-state index is 0.0268. The van der Waals surface area contributed by atoms with E-state index in [2.05, 4.69) is 0 Å². The number of benzene rings is 1. The molecule has 1 amide bonds. The molecule has 0 unspecified atom stereocenters. The van der Waals surface area contributed by atoms with Gasteiger partial charge in [0.1, 0.15) is 17.7 Å². The summed E-state index contributed by atoms with van der Waals surface area (Å²) in [6, 6.07) is 2.29. The summed E-state index contributed by atoms with van der Waals surface area (Å²) >= 11 is 0. The van der Waals surface area contributed by atoms with Gasteiger partial charge in [-0.05, 0) is 36.6 Å². The van der Waals surface area contributed by atoms with Crippen molar-refractivity contribution in [2.75, 3.05) is 26.2 Å². The van der Waals surface area contributed by atoms with Gasteiger partial charge in [0.25, 0.3) is 0 Å². The maximum atomic E-state index is 14.1. The van der Waals surface area contributed by atoms with Crippen LogP contribution in [-0.2, 0) is 9.53 Å². The number of hydrogen-bond acceptors (Lipinski definition) is 4. The van der Waals surface area contributed by atoms with Crippen LogP contribution in [0.1, 0.15) is 24.5 Å². The number of hydrogen-bond donors (Lipinski definition) is 1. The molecule has 29 heavy (non-hydrogen) atoms. The van der Waals surface area contributed by atoms with E-state index >= 15 is 0 Å². The average molecular weight is 417 g/mol. The lowest BCUT2D eigenvalue weighted by Gasteiger charge is -2.40. The largest absolute Gasteiger partial charge is 0.471 e. The number of alkyl halides is 3. The fourth-order valence-electron chi connectivity index (χ4n) is 4.42. The highest BCUT2D eigenvalue weighted by atomic mass is 19.4. The molecular formula is C19H20F5N3O2. The van der Waals surface area contributed by atoms with Crippen LogP contribution in [0, 0.1) is 11.6 Å². The third kappa shape index (κ3) is 3.71. The third-order valence-electron chi connectivity index (χ3n) is 5.77. The molecule has 0 radical (unpaired) electrons. The minimum atomic E-state index is -4.90. The van der Waals surface area contributed by atoms with Crippen LogP contribution in [0.4, 0.5) is 22.0 Å². The summed E-state index contributed by atoms with van der Waals surface area (Å²) in [7, 11) is 0. The van der Waals surface area contributed by atoms with E-state index in [4.69, 9.17) is 10.5 Å². The molecule has 4 rings (SSSR count). The van der Waals surface area contributed by atoms with Gasteiger partial charge in [-0.3, -0.25) is 4.79 Å². The highest BCUT2D eigenvalue weighted by Gasteiger charge is 2.47. The van der Waals surface area contributed by atoms with E-state index in [1.165, 1.54) is 0 Å². The Morgan fingerprint density at radius 3 is 2.66 bits per heavy atom. The molecule has 5 nitrogen and oxygen atoms in total. The number of halogens is 5. The van der Waals surface area contributed by atoms with Crippen molar-refractivity contribution < 1.29 is 31.5 Å². The molecule has 3 atom stereocenters. The van der Waals surface area contributed by atoms with Crippen LogP contribution in [-0.4, -0.2) is 60.2 Å². The monoisotopic (exact) mass is 417 g/mol. The lowest BCUT2D eigenvalue weighted by atomic mass is 9.93. The van der Waals surface area contributed by atoms with E-state index in [9.17, 15) is 26.7 Å². The van der Waals surface area contributed by atoms with Gasteiger partial charge in [0.2, 0.25) is 0 Å². The van der Waals surface area contributed by atoms with Gasteiger partial charge in [-0.2, -0.15) is 13.2 Å². The lowest BCUT2D eigenvalue weighted by molar-refractivity contribution is -0.184. The zero-order valence-electron chi connectivity index (χ0n) is 15.4. The van der Waals surface area contributed by atoms with Crippen molar-refractivity contribution in [1.82, 2.24) is 9.80 Å². The molecule has 1 aromatic rings. The molecular weight excluding hydrogens is 397 g/mol. The Hall–Kier alpha value is -2.20. The van der Waals surface area contributed by atoms with Crippen molar-refractivity contribution in [3.8, 4) is 0 Å². The highest BCUT2D eigenvalue weighted by Crippen LogP contribution is 2.38. The van der Waals surface area contributed by atoms with E-state index in [0.29, 0.717) is 25.1 Å². The molecule has 0 aliphatic carbocycles. The molecule has 1 aromatic carbocycles. The molecule has 3 aliphatic heterocycles. The van der Waals surface area contributed by atoms with E-state index < -0.39 is 35.9 Å². The SMILES string of the molecule is N[C@H]1C[C@@H](N2CCC3=C2CN(C(=O)C(F)(F)F)C3)CO[C@@H]1c1cc(F)ccc1F. The van der Waals surface area contributed by atoms with Gasteiger partial charge in [0, 0.05) is 30.4 Å². The number of nitrogens with zero attached hydrogens (tertiary/aromatic N) is 2. The molecule has 10 heteroatoms. The van der Waals surface area contributed by atoms with Crippen molar-refractivity contribution in [1.29, 1.82) is 0 Å². The number of ether oxygens (including phenoxy) is 1. The van der Waals surface area contributed by atoms with Gasteiger partial charge >= 0.3 is 12.1 Å². The summed E-state index contributed by atoms with van der Waals surface area (Å²) in [5.74, 6) is -3.03. The first kappa shape index (κ1) is 20.1. The van der Waals surface area contributed by atoms with Crippen molar-refractivity contribution in [2.24, 2.45) is 5.73 Å². The van der Waals surface area contributed by atoms with Crippen LogP contribution in [0.25, 0.3) is 0 Å². The summed E-state index contributed by atoms with van der Waals surface area (Å²) in [5, 5.41) is 0. The predicted octanol–water partition coefficient (Wildman–Crippen LogP) is 2.49. The van der Waals surface area contributed by atoms with Gasteiger partial charge in [-0.15, -0.1) is 0 Å². The Labute approximate surface area is 163 Å². The lowest BCUT2D eigenvalue weighted by Crippen LogP contribution is -2.49. The zero-order chi connectivity index (χ0) is 20.9. The molecule has 3 heterocycles. The molecule has 158 valence electrons. The first-order chi connectivity index (χ1) is 13.6. The molecule has 1 saturated heterocycles. The maximum absolute atomic E-state index is 14.1. The van der Waals surface area contributed by atoms with Gasteiger partial charge in [0.15, 0.2) is 0 Å². The van der Waals surface area contributed by atoms with Gasteiger partial charge in [-0.1, -0.05) is 0 Å². The fraction of sp³-hybridized carbons (Fsp3) is 0.526. The Morgan fingerprint density at radius 2 is 1.97 bits per heavy atom. The molecule has 0 saturated carbocycles. The maximum Gasteiger partial charge on any atom is 0.471 e. The first-order valence-corrected chi connectivity index (χ1v) is 9.31. The topological polar surface area (TPSA) is 58.8 Å². The Bertz CT molecular complexity index is 857. The van der Waals surface area contributed by atoms with Crippen molar-refractivity contribution in [3.63, 3.8) is 0 Å². The van der Waals surface area contributed by atoms with Gasteiger partial charge < -0.3 is 20.3 Å². The number of carbonyl (C=O) groups excluding carboxylic acids is 1. The smallest absolute Gasteiger partial charge is 0.370 e. The summed E-state index contributed by atoms with van der Waals surface area (Å²) in [5.41, 5.74) is 7.76. The summed E-state index contributed by atoms with van der Waals surface area (Å²) in [6.45, 7) is 0.666. The summed E-state index contributed by atoms with van der Waals surface area (Å²) < 4.78 is 71.5. The van der Waals surface area contributed by atoms with Crippen LogP contribution < -0.4 is 5.73 Å². The molecule has 0 bridgehead atoms. The van der Waals surface area contributed by atoms with Crippen LogP contribution in [0.15, 0.2) is 29.5 Å². The third-order valence-corrected chi connectivity index (χ3v) is 5.77. The van der Waals surface area contributed by atoms with Crippen LogP contribution >= 0.6 is 0 Å². The molecule has 3 aliphatic rings. The fourth-order valence-corrected chi connectivity index (χ4v) is 4.42. The predicted molar refractivity (Wildman–Crippen MR) is 92.4 cm³/mol. The van der Waals surface area contributed by atoms with E-state index in [-0.39, 0.29) is 31.3 Å². The average Bonchev–Trinajstić information content (AvgIpc) is 3.23. The zero-order valence-corrected chi connectivity index (χ0v) is 15.4. The van der Waals surface area contributed by atoms with Crippen LogP contribution in [0.3, 0.4) is 0 Å². The standard InChI is InChI=1S/C19H20F5N3O2/c20-11-1-2-14(21)13(5-11)17-15(25)6-12(9-29-17)27-4-3-10-7-26(8-16(10)27)18(28)19(22,23)24/h1-2,5,12,15,17H,3-4,6-9,25H2/t12-,15+,17-/m1/s1. The molecule has 0 aromatic heterocycles. The van der Waals surface area contributed by atoms with Crippen molar-refractivity contribution in [2.45, 2.75) is 37.2 Å². The Balaban J connectivity index is 1.44. The second-order valence-electron chi connectivity index (χ2n) is 7.63.